The molecule has 2 aromatic carbocycles. The molecule has 0 atom stereocenters. The van der Waals surface area contributed by atoms with Crippen molar-refractivity contribution in [3.05, 3.63) is 42.5 Å². The molecule has 0 saturated carbocycles. The van der Waals surface area contributed by atoms with Crippen molar-refractivity contribution in [2.24, 2.45) is 4.99 Å². The summed E-state index contributed by atoms with van der Waals surface area (Å²) >= 11 is 1.66. The zero-order valence-corrected chi connectivity index (χ0v) is 11.3. The number of aromatic nitrogens is 1. The predicted molar refractivity (Wildman–Crippen MR) is 80.8 cm³/mol. The average molecular weight is 268 g/mol. The van der Waals surface area contributed by atoms with Gasteiger partial charge in [-0.3, -0.25) is 4.99 Å². The lowest BCUT2D eigenvalue weighted by molar-refractivity contribution is 0.415. The van der Waals surface area contributed by atoms with E-state index in [4.69, 9.17) is 4.74 Å². The minimum absolute atomic E-state index is 0.855. The molecule has 0 amide bonds. The van der Waals surface area contributed by atoms with E-state index in [0.29, 0.717) is 0 Å². The van der Waals surface area contributed by atoms with Gasteiger partial charge in [-0.25, -0.2) is 4.98 Å². The molecule has 4 heteroatoms. The first kappa shape index (κ1) is 11.9. The largest absolute Gasteiger partial charge is 0.497 e. The van der Waals surface area contributed by atoms with E-state index in [2.05, 4.69) is 16.7 Å². The molecule has 0 aliphatic heterocycles. The average Bonchev–Trinajstić information content (AvgIpc) is 2.90. The number of hydrogen-bond donors (Lipinski definition) is 0. The Kier molecular flexibility index (Phi) is 3.01. The van der Waals surface area contributed by atoms with E-state index in [-0.39, 0.29) is 0 Å². The van der Waals surface area contributed by atoms with Gasteiger partial charge in [0.1, 0.15) is 10.8 Å². The molecule has 19 heavy (non-hydrogen) atoms. The van der Waals surface area contributed by atoms with Crippen molar-refractivity contribution in [2.45, 2.75) is 0 Å². The van der Waals surface area contributed by atoms with Crippen LogP contribution in [-0.2, 0) is 0 Å². The molecule has 0 aliphatic carbocycles. The smallest absolute Gasteiger partial charge is 0.124 e. The summed E-state index contributed by atoms with van der Waals surface area (Å²) in [5.41, 5.74) is 2.95. The second-order valence-electron chi connectivity index (χ2n) is 4.06. The van der Waals surface area contributed by atoms with E-state index in [1.807, 2.05) is 42.5 Å². The zero-order valence-electron chi connectivity index (χ0n) is 10.5. The van der Waals surface area contributed by atoms with Gasteiger partial charge in [0.15, 0.2) is 0 Å². The summed E-state index contributed by atoms with van der Waals surface area (Å²) < 4.78 is 6.35. The van der Waals surface area contributed by atoms with Gasteiger partial charge in [-0.05, 0) is 49.2 Å². The lowest BCUT2D eigenvalue weighted by Gasteiger charge is -1.96. The summed E-state index contributed by atoms with van der Waals surface area (Å²) in [4.78, 5) is 8.52. The number of fused-ring (bicyclic) bond motifs is 1. The summed E-state index contributed by atoms with van der Waals surface area (Å²) in [6.45, 7) is 3.51. The van der Waals surface area contributed by atoms with Gasteiger partial charge in [-0.2, -0.15) is 0 Å². The molecular formula is C15H12N2OS. The number of aliphatic imine (C=N–C) groups is 1. The highest BCUT2D eigenvalue weighted by atomic mass is 32.1. The maximum absolute atomic E-state index is 5.23. The Hall–Kier alpha value is -2.20. The molecule has 94 valence electrons. The fourth-order valence-corrected chi connectivity index (χ4v) is 2.86. The van der Waals surface area contributed by atoms with Gasteiger partial charge in [-0.1, -0.05) is 0 Å². The summed E-state index contributed by atoms with van der Waals surface area (Å²) in [7, 11) is 1.67. The molecule has 0 N–H and O–H groups in total. The molecule has 3 rings (SSSR count). The zero-order chi connectivity index (χ0) is 13.2. The molecule has 1 heterocycles. The molecule has 0 saturated heterocycles. The van der Waals surface area contributed by atoms with Crippen molar-refractivity contribution in [2.75, 3.05) is 7.11 Å². The highest BCUT2D eigenvalue weighted by Gasteiger charge is 2.07. The third-order valence-corrected chi connectivity index (χ3v) is 3.96. The first-order valence-corrected chi connectivity index (χ1v) is 6.63. The third kappa shape index (κ3) is 2.22. The molecule has 1 aromatic heterocycles. The summed E-state index contributed by atoms with van der Waals surface area (Å²) in [6.07, 6.45) is 0. The van der Waals surface area contributed by atoms with Gasteiger partial charge in [0, 0.05) is 5.56 Å². The van der Waals surface area contributed by atoms with E-state index < -0.39 is 0 Å². The maximum atomic E-state index is 5.23. The van der Waals surface area contributed by atoms with Crippen LogP contribution < -0.4 is 4.74 Å². The Morgan fingerprint density at radius 3 is 2.63 bits per heavy atom. The second-order valence-corrected chi connectivity index (χ2v) is 5.09. The number of nitrogens with zero attached hydrogens (tertiary/aromatic N) is 2. The van der Waals surface area contributed by atoms with Crippen LogP contribution in [0.5, 0.6) is 5.75 Å². The highest BCUT2D eigenvalue weighted by Crippen LogP contribution is 2.32. The summed E-state index contributed by atoms with van der Waals surface area (Å²) in [5, 5.41) is 0.999. The van der Waals surface area contributed by atoms with Crippen LogP contribution >= 0.6 is 11.3 Å². The van der Waals surface area contributed by atoms with Crippen LogP contribution in [0, 0.1) is 0 Å². The van der Waals surface area contributed by atoms with Crippen molar-refractivity contribution in [1.29, 1.82) is 0 Å². The Bertz CT molecular complexity index is 731. The number of methoxy groups -OCH3 is 1. The quantitative estimate of drug-likeness (QED) is 0.663. The van der Waals surface area contributed by atoms with Crippen molar-refractivity contribution < 1.29 is 4.74 Å². The number of hydrogen-bond acceptors (Lipinski definition) is 4. The van der Waals surface area contributed by atoms with E-state index >= 15 is 0 Å². The monoisotopic (exact) mass is 268 g/mol. The van der Waals surface area contributed by atoms with E-state index in [0.717, 1.165) is 32.2 Å². The van der Waals surface area contributed by atoms with Crippen LogP contribution in [0.3, 0.4) is 0 Å². The number of thiazole rings is 1. The Balaban J connectivity index is 2.06. The lowest BCUT2D eigenvalue weighted by Crippen LogP contribution is -1.80. The van der Waals surface area contributed by atoms with Crippen molar-refractivity contribution in [1.82, 2.24) is 4.98 Å². The van der Waals surface area contributed by atoms with Crippen LogP contribution in [0.15, 0.2) is 47.5 Å². The van der Waals surface area contributed by atoms with Gasteiger partial charge in [-0.15, -0.1) is 11.3 Å². The van der Waals surface area contributed by atoms with Crippen molar-refractivity contribution >= 4 is 34.0 Å². The maximum Gasteiger partial charge on any atom is 0.124 e. The standard InChI is InChI=1S/C15H12N2OS/c1-16-11-5-3-10(4-6-11)15-17-13-8-7-12(18-2)9-14(13)19-15/h3-9H,1H2,2H3. The normalized spacial score (nSPS) is 10.6. The number of ether oxygens (including phenoxy) is 1. The minimum atomic E-state index is 0.855. The second kappa shape index (κ2) is 4.82. The molecule has 0 fully saturated rings. The van der Waals surface area contributed by atoms with Crippen molar-refractivity contribution in [3.8, 4) is 16.3 Å². The number of benzene rings is 2. The van der Waals surface area contributed by atoms with Crippen LogP contribution in [0.1, 0.15) is 0 Å². The number of rotatable bonds is 3. The molecule has 3 aromatic rings. The molecular weight excluding hydrogens is 256 g/mol. The van der Waals surface area contributed by atoms with Crippen LogP contribution in [0.2, 0.25) is 0 Å². The van der Waals surface area contributed by atoms with Crippen LogP contribution in [0.4, 0.5) is 5.69 Å². The topological polar surface area (TPSA) is 34.5 Å². The molecule has 3 nitrogen and oxygen atoms in total. The van der Waals surface area contributed by atoms with E-state index in [1.54, 1.807) is 18.4 Å². The Morgan fingerprint density at radius 1 is 1.16 bits per heavy atom. The summed E-state index contributed by atoms with van der Waals surface area (Å²) in [6, 6.07) is 13.8. The van der Waals surface area contributed by atoms with Gasteiger partial charge < -0.3 is 4.74 Å². The minimum Gasteiger partial charge on any atom is -0.497 e. The van der Waals surface area contributed by atoms with Crippen molar-refractivity contribution in [3.63, 3.8) is 0 Å². The van der Waals surface area contributed by atoms with E-state index in [9.17, 15) is 0 Å². The first-order valence-electron chi connectivity index (χ1n) is 5.82. The fraction of sp³-hybridized carbons (Fsp3) is 0.0667. The molecule has 0 unspecified atom stereocenters. The fourth-order valence-electron chi connectivity index (χ4n) is 1.86. The van der Waals surface area contributed by atoms with Crippen LogP contribution in [0.25, 0.3) is 20.8 Å². The first-order chi connectivity index (χ1) is 9.30. The van der Waals surface area contributed by atoms with Gasteiger partial charge in [0.25, 0.3) is 0 Å². The van der Waals surface area contributed by atoms with Crippen LogP contribution in [-0.4, -0.2) is 18.8 Å². The SMILES string of the molecule is C=Nc1ccc(-c2nc3ccc(OC)cc3s2)cc1. The molecule has 0 radical (unpaired) electrons. The van der Waals surface area contributed by atoms with Gasteiger partial charge in [0.05, 0.1) is 23.0 Å². The van der Waals surface area contributed by atoms with Gasteiger partial charge >= 0.3 is 0 Å². The molecule has 0 spiro atoms. The Labute approximate surface area is 115 Å². The van der Waals surface area contributed by atoms with E-state index in [1.165, 1.54) is 0 Å². The Morgan fingerprint density at radius 2 is 1.95 bits per heavy atom. The predicted octanol–water partition coefficient (Wildman–Crippen LogP) is 4.30. The lowest BCUT2D eigenvalue weighted by atomic mass is 10.2. The molecule has 0 bridgehead atoms. The molecule has 0 aliphatic rings. The third-order valence-electron chi connectivity index (χ3n) is 2.89. The summed E-state index contributed by atoms with van der Waals surface area (Å²) in [5.74, 6) is 0.855. The highest BCUT2D eigenvalue weighted by molar-refractivity contribution is 7.21. The van der Waals surface area contributed by atoms with Gasteiger partial charge in [0.2, 0.25) is 0 Å².